The van der Waals surface area contributed by atoms with Gasteiger partial charge in [-0.2, -0.15) is 0 Å². The molecule has 15 nitrogen and oxygen atoms in total. The van der Waals surface area contributed by atoms with E-state index in [-0.39, 0.29) is 12.3 Å². The van der Waals surface area contributed by atoms with Gasteiger partial charge in [0.1, 0.15) is 6.61 Å². The molecule has 0 heterocycles. The van der Waals surface area contributed by atoms with Crippen molar-refractivity contribution in [2.75, 3.05) is 172 Å². The van der Waals surface area contributed by atoms with Crippen molar-refractivity contribution in [3.05, 3.63) is 0 Å². The van der Waals surface area contributed by atoms with Crippen molar-refractivity contribution in [3.8, 4) is 12.3 Å². The Kier molecular flexibility index (Phi) is 43.2. The Morgan fingerprint density at radius 1 is 0.367 bits per heavy atom. The van der Waals surface area contributed by atoms with Crippen molar-refractivity contribution in [2.24, 2.45) is 5.73 Å². The first kappa shape index (κ1) is 47.5. The summed E-state index contributed by atoms with van der Waals surface area (Å²) in [5.74, 6) is 2.02. The molecule has 1 saturated carbocycles. The van der Waals surface area contributed by atoms with E-state index in [2.05, 4.69) is 5.92 Å². The van der Waals surface area contributed by atoms with Gasteiger partial charge in [-0.25, -0.2) is 0 Å². The van der Waals surface area contributed by atoms with Gasteiger partial charge >= 0.3 is 0 Å². The van der Waals surface area contributed by atoms with Gasteiger partial charge < -0.3 is 67.3 Å². The average molecular weight is 712 g/mol. The molecular formula is C34H65NO14. The number of nitrogens with two attached hydrogens (primary N) is 1. The van der Waals surface area contributed by atoms with Crippen molar-refractivity contribution in [3.63, 3.8) is 0 Å². The second-order valence-electron chi connectivity index (χ2n) is 10.2. The SMILES string of the molecule is C#CCOCCOCCOCCOCCOCCOCCOCCOCCOCCOCCOCCOCCOCCC(N)=O.C1CCC1. The minimum atomic E-state index is -0.376. The molecule has 1 aliphatic rings. The minimum Gasteiger partial charge on any atom is -0.379 e. The normalized spacial score (nSPS) is 12.3. The number of terminal acetylenes is 1. The van der Waals surface area contributed by atoms with Crippen LogP contribution in [0.2, 0.25) is 0 Å². The van der Waals surface area contributed by atoms with Crippen LogP contribution in [0.1, 0.15) is 32.1 Å². The second-order valence-corrected chi connectivity index (χ2v) is 10.2. The van der Waals surface area contributed by atoms with Crippen LogP contribution in [0.3, 0.4) is 0 Å². The number of amides is 1. The van der Waals surface area contributed by atoms with Crippen molar-refractivity contribution in [1.29, 1.82) is 0 Å². The average Bonchev–Trinajstić information content (AvgIpc) is 3.06. The highest BCUT2D eigenvalue weighted by atomic mass is 16.6. The molecule has 49 heavy (non-hydrogen) atoms. The van der Waals surface area contributed by atoms with Crippen LogP contribution in [0.4, 0.5) is 0 Å². The van der Waals surface area contributed by atoms with E-state index >= 15 is 0 Å². The summed E-state index contributed by atoms with van der Waals surface area (Å²) in [6.45, 7) is 12.4. The lowest BCUT2D eigenvalue weighted by Gasteiger charge is -2.09. The van der Waals surface area contributed by atoms with Gasteiger partial charge in [-0.3, -0.25) is 4.79 Å². The molecule has 0 radical (unpaired) electrons. The quantitative estimate of drug-likeness (QED) is 0.0714. The van der Waals surface area contributed by atoms with Crippen molar-refractivity contribution < 1.29 is 66.4 Å². The highest BCUT2D eigenvalue weighted by Gasteiger charge is 1.98. The summed E-state index contributed by atoms with van der Waals surface area (Å²) in [5.41, 5.74) is 5.01. The maximum Gasteiger partial charge on any atom is 0.219 e. The molecule has 0 aliphatic heterocycles. The Bertz CT molecular complexity index is 678. The van der Waals surface area contributed by atoms with Crippen molar-refractivity contribution in [2.45, 2.75) is 32.1 Å². The number of rotatable bonds is 40. The lowest BCUT2D eigenvalue weighted by molar-refractivity contribution is -0.119. The number of hydrogen-bond acceptors (Lipinski definition) is 14. The van der Waals surface area contributed by atoms with Gasteiger partial charge in [0.05, 0.1) is 165 Å². The zero-order valence-corrected chi connectivity index (χ0v) is 29.8. The fraction of sp³-hybridized carbons (Fsp3) is 0.912. The molecule has 290 valence electrons. The van der Waals surface area contributed by atoms with E-state index in [9.17, 15) is 4.79 Å². The van der Waals surface area contributed by atoms with Crippen molar-refractivity contribution >= 4 is 5.91 Å². The molecule has 0 aromatic carbocycles. The predicted octanol–water partition coefficient (Wildman–Crippen LogP) is 1.27. The molecule has 0 atom stereocenters. The van der Waals surface area contributed by atoms with E-state index < -0.39 is 0 Å². The first-order chi connectivity index (χ1) is 24.3. The van der Waals surface area contributed by atoms with Crippen LogP contribution >= 0.6 is 0 Å². The topological polar surface area (TPSA) is 163 Å². The van der Waals surface area contributed by atoms with Crippen LogP contribution in [-0.2, 0) is 66.4 Å². The highest BCUT2D eigenvalue weighted by Crippen LogP contribution is 2.15. The van der Waals surface area contributed by atoms with Gasteiger partial charge in [0.25, 0.3) is 0 Å². The third kappa shape index (κ3) is 46.5. The third-order valence-corrected chi connectivity index (χ3v) is 6.14. The van der Waals surface area contributed by atoms with Gasteiger partial charge in [-0.1, -0.05) is 31.6 Å². The lowest BCUT2D eigenvalue weighted by atomic mass is 10.0. The maximum absolute atomic E-state index is 10.5. The zero-order valence-electron chi connectivity index (χ0n) is 29.8. The van der Waals surface area contributed by atoms with Gasteiger partial charge in [0.2, 0.25) is 5.91 Å². The maximum atomic E-state index is 10.5. The van der Waals surface area contributed by atoms with Crippen LogP contribution in [0.25, 0.3) is 0 Å². The van der Waals surface area contributed by atoms with E-state index in [1.54, 1.807) is 0 Å². The largest absolute Gasteiger partial charge is 0.379 e. The summed E-state index contributed by atoms with van der Waals surface area (Å²) < 4.78 is 69.9. The smallest absolute Gasteiger partial charge is 0.219 e. The zero-order chi connectivity index (χ0) is 35.4. The molecule has 0 aromatic heterocycles. The van der Waals surface area contributed by atoms with Gasteiger partial charge in [0, 0.05) is 6.42 Å². The fourth-order valence-corrected chi connectivity index (χ4v) is 3.19. The Balaban J connectivity index is 0.00000532. The van der Waals surface area contributed by atoms with Crippen LogP contribution in [-0.4, -0.2) is 178 Å². The molecule has 0 unspecified atom stereocenters. The molecule has 1 amide bonds. The summed E-state index contributed by atoms with van der Waals surface area (Å²) in [6.07, 6.45) is 11.3. The van der Waals surface area contributed by atoms with Gasteiger partial charge in [-0.05, 0) is 0 Å². The first-order valence-corrected chi connectivity index (χ1v) is 17.5. The van der Waals surface area contributed by atoms with Crippen LogP contribution in [0.5, 0.6) is 0 Å². The van der Waals surface area contributed by atoms with E-state index in [4.69, 9.17) is 73.7 Å². The number of hydrogen-bond donors (Lipinski definition) is 1. The third-order valence-electron chi connectivity index (χ3n) is 6.14. The highest BCUT2D eigenvalue weighted by molar-refractivity contribution is 5.73. The van der Waals surface area contributed by atoms with E-state index in [1.165, 1.54) is 25.7 Å². The first-order valence-electron chi connectivity index (χ1n) is 17.5. The molecule has 0 spiro atoms. The van der Waals surface area contributed by atoms with E-state index in [1.807, 2.05) is 0 Å². The standard InChI is InChI=1S/C30H57NO14.C4H8/c1-2-4-33-6-8-35-10-12-37-14-16-39-18-20-41-22-24-43-26-28-45-29-27-44-25-23-42-21-19-40-17-15-38-13-11-36-9-7-34-5-3-30(31)32;1-2-4-3-1/h1H,3-29H2,(H2,31,32);1-4H2. The molecule has 0 saturated heterocycles. The summed E-state index contributed by atoms with van der Waals surface area (Å²) in [4.78, 5) is 10.5. The monoisotopic (exact) mass is 711 g/mol. The summed E-state index contributed by atoms with van der Waals surface area (Å²) in [6, 6.07) is 0. The van der Waals surface area contributed by atoms with Gasteiger partial charge in [0.15, 0.2) is 0 Å². The molecule has 15 heteroatoms. The lowest BCUT2D eigenvalue weighted by Crippen LogP contribution is -2.16. The van der Waals surface area contributed by atoms with E-state index in [0.717, 1.165) is 0 Å². The Hall–Kier alpha value is -1.49. The number of carbonyl (C=O) groups excluding carboxylic acids is 1. The Morgan fingerprint density at radius 3 is 0.714 bits per heavy atom. The van der Waals surface area contributed by atoms with Gasteiger partial charge in [-0.15, -0.1) is 6.42 Å². The summed E-state index contributed by atoms with van der Waals surface area (Å²) in [5, 5.41) is 0. The van der Waals surface area contributed by atoms with Crippen LogP contribution in [0.15, 0.2) is 0 Å². The molecule has 0 bridgehead atoms. The number of carbonyl (C=O) groups is 1. The molecule has 0 aromatic rings. The summed E-state index contributed by atoms with van der Waals surface area (Å²) >= 11 is 0. The molecule has 1 rings (SSSR count). The van der Waals surface area contributed by atoms with E-state index in [0.29, 0.717) is 172 Å². The van der Waals surface area contributed by atoms with Crippen molar-refractivity contribution in [1.82, 2.24) is 0 Å². The number of ether oxygens (including phenoxy) is 13. The molecule has 1 fully saturated rings. The molecular weight excluding hydrogens is 646 g/mol. The fourth-order valence-electron chi connectivity index (χ4n) is 3.19. The second kappa shape index (κ2) is 44.5. The Morgan fingerprint density at radius 2 is 0.551 bits per heavy atom. The van der Waals surface area contributed by atoms with Crippen LogP contribution < -0.4 is 5.73 Å². The Labute approximate surface area is 294 Å². The summed E-state index contributed by atoms with van der Waals surface area (Å²) in [7, 11) is 0. The molecule has 2 N–H and O–H groups in total. The number of primary amides is 1. The molecule has 1 aliphatic carbocycles. The predicted molar refractivity (Wildman–Crippen MR) is 182 cm³/mol. The van der Waals surface area contributed by atoms with Crippen LogP contribution in [0, 0.1) is 12.3 Å². The minimum absolute atomic E-state index is 0.218.